The van der Waals surface area contributed by atoms with Crippen LogP contribution in [0.15, 0.2) is 71.3 Å². The van der Waals surface area contributed by atoms with E-state index in [1.165, 1.54) is 11.8 Å². The van der Waals surface area contributed by atoms with E-state index in [2.05, 4.69) is 23.5 Å². The molecule has 4 rings (SSSR count). The van der Waals surface area contributed by atoms with Crippen LogP contribution < -0.4 is 5.32 Å². The predicted octanol–water partition coefficient (Wildman–Crippen LogP) is 3.83. The summed E-state index contributed by atoms with van der Waals surface area (Å²) in [4.78, 5) is 15.0. The van der Waals surface area contributed by atoms with Crippen molar-refractivity contribution in [1.29, 1.82) is 5.26 Å². The summed E-state index contributed by atoms with van der Waals surface area (Å²) in [6, 6.07) is 21.2. The third-order valence-electron chi connectivity index (χ3n) is 4.85. The van der Waals surface area contributed by atoms with Crippen molar-refractivity contribution < 1.29 is 9.21 Å². The smallest absolute Gasteiger partial charge is 0.290 e. The van der Waals surface area contributed by atoms with E-state index >= 15 is 0 Å². The van der Waals surface area contributed by atoms with Crippen LogP contribution in [0, 0.1) is 11.3 Å². The van der Waals surface area contributed by atoms with Crippen molar-refractivity contribution in [3.63, 3.8) is 0 Å². The number of hydrogen-bond donors (Lipinski definition) is 1. The molecular formula is C22H19N3O2. The summed E-state index contributed by atoms with van der Waals surface area (Å²) >= 11 is 0. The van der Waals surface area contributed by atoms with Crippen LogP contribution in [0.5, 0.6) is 0 Å². The van der Waals surface area contributed by atoms with E-state index in [9.17, 15) is 10.1 Å². The Morgan fingerprint density at radius 3 is 2.78 bits per heavy atom. The van der Waals surface area contributed by atoms with E-state index in [1.54, 1.807) is 18.2 Å². The molecule has 1 aromatic heterocycles. The monoisotopic (exact) mass is 357 g/mol. The molecule has 1 aliphatic heterocycles. The van der Waals surface area contributed by atoms with Crippen LogP contribution in [-0.2, 0) is 13.0 Å². The van der Waals surface area contributed by atoms with Gasteiger partial charge in [-0.1, -0.05) is 30.3 Å². The number of anilines is 1. The Labute approximate surface area is 157 Å². The zero-order valence-electron chi connectivity index (χ0n) is 14.8. The molecule has 0 radical (unpaired) electrons. The largest absolute Gasteiger partial charge is 0.459 e. The van der Waals surface area contributed by atoms with Gasteiger partial charge in [-0.15, -0.1) is 0 Å². The molecule has 27 heavy (non-hydrogen) atoms. The van der Waals surface area contributed by atoms with Gasteiger partial charge < -0.3 is 14.6 Å². The molecule has 5 heteroatoms. The van der Waals surface area contributed by atoms with Gasteiger partial charge in [0.15, 0.2) is 5.76 Å². The van der Waals surface area contributed by atoms with Crippen molar-refractivity contribution in [2.75, 3.05) is 11.9 Å². The second-order valence-corrected chi connectivity index (χ2v) is 6.62. The molecule has 2 aromatic carbocycles. The van der Waals surface area contributed by atoms with Crippen LogP contribution in [0.2, 0.25) is 0 Å². The molecule has 0 saturated carbocycles. The number of carbonyl (C=O) groups excluding carboxylic acids is 1. The lowest BCUT2D eigenvalue weighted by Gasteiger charge is -2.29. The Kier molecular flexibility index (Phi) is 4.63. The highest BCUT2D eigenvalue weighted by atomic mass is 16.3. The quantitative estimate of drug-likeness (QED) is 0.773. The Morgan fingerprint density at radius 1 is 1.19 bits per heavy atom. The van der Waals surface area contributed by atoms with Crippen LogP contribution in [0.4, 0.5) is 5.69 Å². The minimum Gasteiger partial charge on any atom is -0.459 e. The number of benzene rings is 2. The average Bonchev–Trinajstić information content (AvgIpc) is 3.19. The van der Waals surface area contributed by atoms with Crippen molar-refractivity contribution in [2.45, 2.75) is 19.0 Å². The van der Waals surface area contributed by atoms with Crippen molar-refractivity contribution in [3.8, 4) is 6.07 Å². The molecule has 1 atom stereocenters. The molecule has 0 saturated heterocycles. The van der Waals surface area contributed by atoms with Crippen molar-refractivity contribution in [1.82, 2.24) is 4.90 Å². The van der Waals surface area contributed by atoms with Gasteiger partial charge in [-0.05, 0) is 47.9 Å². The summed E-state index contributed by atoms with van der Waals surface area (Å²) in [5, 5.41) is 12.7. The van der Waals surface area contributed by atoms with Gasteiger partial charge in [0.2, 0.25) is 0 Å². The number of nitriles is 1. The number of nitrogens with zero attached hydrogens (tertiary/aromatic N) is 2. The van der Waals surface area contributed by atoms with Gasteiger partial charge >= 0.3 is 0 Å². The maximum Gasteiger partial charge on any atom is 0.290 e. The number of furan rings is 1. The lowest BCUT2D eigenvalue weighted by atomic mass is 10.0. The number of amides is 1. The van der Waals surface area contributed by atoms with Crippen LogP contribution >= 0.6 is 0 Å². The third-order valence-corrected chi connectivity index (χ3v) is 4.85. The summed E-state index contributed by atoms with van der Waals surface area (Å²) in [7, 11) is 0. The van der Waals surface area contributed by atoms with Gasteiger partial charge in [-0.2, -0.15) is 5.26 Å². The zero-order chi connectivity index (χ0) is 18.6. The van der Waals surface area contributed by atoms with Crippen molar-refractivity contribution >= 4 is 11.6 Å². The molecule has 1 aliphatic rings. The minimum atomic E-state index is -0.141. The van der Waals surface area contributed by atoms with Crippen LogP contribution in [0.25, 0.3) is 0 Å². The number of nitrogens with one attached hydrogen (secondary N) is 1. The maximum absolute atomic E-state index is 13.1. The molecule has 2 heterocycles. The fraction of sp³-hybridized carbons (Fsp3) is 0.182. The van der Waals surface area contributed by atoms with Crippen molar-refractivity contribution in [3.05, 3.63) is 89.4 Å². The molecular weight excluding hydrogens is 338 g/mol. The molecule has 0 unspecified atom stereocenters. The first-order valence-corrected chi connectivity index (χ1v) is 8.90. The molecule has 0 fully saturated rings. The minimum absolute atomic E-state index is 0.0389. The molecule has 134 valence electrons. The second kappa shape index (κ2) is 7.38. The first kappa shape index (κ1) is 16.9. The number of fused-ring (bicyclic) bond motifs is 1. The SMILES string of the molecule is N#Cc1ccc2c(c1)CN(C(=O)c1ccco1)[C@H](Cc1ccccc1)CN2. The fourth-order valence-electron chi connectivity index (χ4n) is 3.47. The van der Waals surface area contributed by atoms with Gasteiger partial charge in [0.05, 0.1) is 23.9 Å². The highest BCUT2D eigenvalue weighted by Crippen LogP contribution is 2.26. The van der Waals surface area contributed by atoms with E-state index in [0.29, 0.717) is 24.4 Å². The van der Waals surface area contributed by atoms with E-state index < -0.39 is 0 Å². The lowest BCUT2D eigenvalue weighted by molar-refractivity contribution is 0.0642. The van der Waals surface area contributed by atoms with Gasteiger partial charge in [0.1, 0.15) is 0 Å². The standard InChI is InChI=1S/C22H19N3O2/c23-13-17-8-9-20-18(11-17)15-25(22(26)21-7-4-10-27-21)19(14-24-20)12-16-5-2-1-3-6-16/h1-11,19,24H,12,14-15H2/t19-/m1/s1. The lowest BCUT2D eigenvalue weighted by Crippen LogP contribution is -2.43. The van der Waals surface area contributed by atoms with Gasteiger partial charge in [-0.3, -0.25) is 4.79 Å². The predicted molar refractivity (Wildman–Crippen MR) is 102 cm³/mol. The topological polar surface area (TPSA) is 69.3 Å². The van der Waals surface area contributed by atoms with Crippen molar-refractivity contribution in [2.24, 2.45) is 0 Å². The molecule has 1 N–H and O–H groups in total. The van der Waals surface area contributed by atoms with Crippen LogP contribution in [0.1, 0.15) is 27.2 Å². The second-order valence-electron chi connectivity index (χ2n) is 6.62. The molecule has 0 aliphatic carbocycles. The Bertz CT molecular complexity index is 975. The Hall–Kier alpha value is -3.52. The average molecular weight is 357 g/mol. The normalized spacial score (nSPS) is 16.0. The zero-order valence-corrected chi connectivity index (χ0v) is 14.8. The van der Waals surface area contributed by atoms with E-state index in [0.717, 1.165) is 17.7 Å². The summed E-state index contributed by atoms with van der Waals surface area (Å²) in [5.41, 5.74) is 3.65. The van der Waals surface area contributed by atoms with Crippen LogP contribution in [-0.4, -0.2) is 23.4 Å². The fourth-order valence-corrected chi connectivity index (χ4v) is 3.47. The molecule has 5 nitrogen and oxygen atoms in total. The molecule has 0 bridgehead atoms. The summed E-state index contributed by atoms with van der Waals surface area (Å²) in [5.74, 6) is 0.186. The Balaban J connectivity index is 1.69. The highest BCUT2D eigenvalue weighted by molar-refractivity contribution is 5.92. The number of rotatable bonds is 3. The summed E-state index contributed by atoms with van der Waals surface area (Å²) in [6.07, 6.45) is 2.25. The number of hydrogen-bond acceptors (Lipinski definition) is 4. The Morgan fingerprint density at radius 2 is 2.04 bits per heavy atom. The van der Waals surface area contributed by atoms with E-state index in [4.69, 9.17) is 4.42 Å². The number of carbonyl (C=O) groups is 1. The summed E-state index contributed by atoms with van der Waals surface area (Å²) in [6.45, 7) is 1.05. The van der Waals surface area contributed by atoms with E-state index in [1.807, 2.05) is 35.2 Å². The first-order chi connectivity index (χ1) is 13.2. The molecule has 1 amide bonds. The molecule has 3 aromatic rings. The first-order valence-electron chi connectivity index (χ1n) is 8.90. The van der Waals surface area contributed by atoms with E-state index in [-0.39, 0.29) is 11.9 Å². The third kappa shape index (κ3) is 3.56. The maximum atomic E-state index is 13.1. The highest BCUT2D eigenvalue weighted by Gasteiger charge is 2.30. The van der Waals surface area contributed by atoms with Gasteiger partial charge in [0, 0.05) is 18.8 Å². The van der Waals surface area contributed by atoms with Gasteiger partial charge in [0.25, 0.3) is 5.91 Å². The van der Waals surface area contributed by atoms with Gasteiger partial charge in [-0.25, -0.2) is 0 Å². The van der Waals surface area contributed by atoms with Crippen LogP contribution in [0.3, 0.4) is 0 Å². The summed E-state index contributed by atoms with van der Waals surface area (Å²) < 4.78 is 5.36. The molecule has 0 spiro atoms.